The molecule has 562 valence electrons. The molecule has 105 heavy (non-hydrogen) atoms. The number of nitrogens with two attached hydrogens (primary N) is 7. The van der Waals surface area contributed by atoms with E-state index in [1.807, 2.05) is 133 Å². The number of benzene rings is 5. The smallest absolute Gasteiger partial charge is 0.244 e. The van der Waals surface area contributed by atoms with Crippen molar-refractivity contribution in [2.75, 3.05) is 32.7 Å². The van der Waals surface area contributed by atoms with Crippen molar-refractivity contribution < 1.29 is 43.2 Å². The quantitative estimate of drug-likeness (QED) is 0.0243. The van der Waals surface area contributed by atoms with Crippen molar-refractivity contribution in [3.63, 3.8) is 0 Å². The van der Waals surface area contributed by atoms with Crippen molar-refractivity contribution in [3.05, 3.63) is 180 Å². The second-order valence-corrected chi connectivity index (χ2v) is 26.8. The molecule has 9 amide bonds. The van der Waals surface area contributed by atoms with Gasteiger partial charge in [0.2, 0.25) is 53.2 Å². The Morgan fingerprint density at radius 1 is 0.305 bits per heavy atom. The molecule has 0 fully saturated rings. The molecule has 27 nitrogen and oxygen atoms in total. The van der Waals surface area contributed by atoms with E-state index in [0.29, 0.717) is 118 Å². The number of rotatable bonds is 46. The van der Waals surface area contributed by atoms with Crippen molar-refractivity contribution in [1.29, 1.82) is 0 Å². The zero-order valence-electron chi connectivity index (χ0n) is 59.7. The average molecular weight is 1440 g/mol. The van der Waals surface area contributed by atoms with Gasteiger partial charge < -0.3 is 97.6 Å². The maximum Gasteiger partial charge on any atom is 0.244 e. The number of para-hydroxylation sites is 3. The summed E-state index contributed by atoms with van der Waals surface area (Å²) in [7, 11) is 0. The second-order valence-electron chi connectivity index (χ2n) is 26.8. The topological polar surface area (TPSA) is 479 Å². The average Bonchev–Trinajstić information content (AvgIpc) is 1.82. The number of unbranched alkanes of at least 4 members (excludes halogenated alkanes) is 5. The van der Waals surface area contributed by atoms with E-state index in [1.165, 1.54) is 0 Å². The third-order valence-corrected chi connectivity index (χ3v) is 19.1. The van der Waals surface area contributed by atoms with E-state index in [2.05, 4.69) is 57.5 Å². The van der Waals surface area contributed by atoms with Gasteiger partial charge in [-0.25, -0.2) is 0 Å². The molecule has 0 saturated heterocycles. The van der Waals surface area contributed by atoms with Gasteiger partial charge in [0.1, 0.15) is 48.3 Å². The van der Waals surface area contributed by atoms with E-state index in [0.717, 1.165) is 32.7 Å². The molecule has 0 radical (unpaired) electrons. The molecule has 0 aliphatic heterocycles. The molecular formula is C78H106N18O9. The van der Waals surface area contributed by atoms with Crippen LogP contribution in [0.25, 0.3) is 32.7 Å². The van der Waals surface area contributed by atoms with Crippen LogP contribution in [0, 0.1) is 0 Å². The van der Waals surface area contributed by atoms with Crippen LogP contribution in [0.15, 0.2) is 152 Å². The van der Waals surface area contributed by atoms with Crippen molar-refractivity contribution in [2.45, 2.75) is 176 Å². The van der Waals surface area contributed by atoms with Crippen LogP contribution in [-0.2, 0) is 62.4 Å². The molecule has 5 aromatic carbocycles. The fourth-order valence-corrected chi connectivity index (χ4v) is 13.2. The molecular weight excluding hydrogens is 1330 g/mol. The summed E-state index contributed by atoms with van der Waals surface area (Å²) in [6.07, 6.45) is 10.4. The van der Waals surface area contributed by atoms with Crippen LogP contribution >= 0.6 is 0 Å². The Balaban J connectivity index is 1.12. The van der Waals surface area contributed by atoms with Gasteiger partial charge in [0.05, 0.1) is 6.04 Å². The minimum absolute atomic E-state index is 0.0232. The molecule has 25 N–H and O–H groups in total. The molecule has 0 saturated carbocycles. The third kappa shape index (κ3) is 23.6. The van der Waals surface area contributed by atoms with Gasteiger partial charge in [-0.3, -0.25) is 43.2 Å². The Morgan fingerprint density at radius 2 is 0.581 bits per heavy atom. The summed E-state index contributed by atoms with van der Waals surface area (Å²) in [4.78, 5) is 143. The van der Waals surface area contributed by atoms with E-state index < -0.39 is 113 Å². The molecule has 8 aromatic rings. The summed E-state index contributed by atoms with van der Waals surface area (Å²) in [5.74, 6) is -7.44. The van der Waals surface area contributed by atoms with E-state index in [4.69, 9.17) is 40.1 Å². The highest BCUT2D eigenvalue weighted by Crippen LogP contribution is 2.30. The Bertz CT molecular complexity index is 4070. The zero-order chi connectivity index (χ0) is 75.0. The normalized spacial score (nSPS) is 14.0. The highest BCUT2D eigenvalue weighted by Gasteiger charge is 2.39. The molecule has 0 unspecified atom stereocenters. The van der Waals surface area contributed by atoms with Gasteiger partial charge in [0.15, 0.2) is 0 Å². The summed E-state index contributed by atoms with van der Waals surface area (Å²) in [6.45, 7) is 1.59. The number of primary amides is 1. The van der Waals surface area contributed by atoms with Gasteiger partial charge in [0.25, 0.3) is 0 Å². The number of fused-ring (bicyclic) bond motifs is 3. The van der Waals surface area contributed by atoms with Crippen molar-refractivity contribution in [2.24, 2.45) is 40.1 Å². The van der Waals surface area contributed by atoms with Crippen molar-refractivity contribution in [3.8, 4) is 0 Å². The van der Waals surface area contributed by atoms with Crippen LogP contribution in [0.3, 0.4) is 0 Å². The lowest BCUT2D eigenvalue weighted by atomic mass is 9.84. The van der Waals surface area contributed by atoms with Crippen LogP contribution < -0.4 is 82.7 Å². The number of carbonyl (C=O) groups excluding carboxylic acids is 9. The van der Waals surface area contributed by atoms with Gasteiger partial charge in [-0.1, -0.05) is 122 Å². The molecule has 0 spiro atoms. The van der Waals surface area contributed by atoms with Gasteiger partial charge in [-0.2, -0.15) is 0 Å². The van der Waals surface area contributed by atoms with E-state index in [9.17, 15) is 14.4 Å². The van der Waals surface area contributed by atoms with Crippen LogP contribution in [0.4, 0.5) is 0 Å². The van der Waals surface area contributed by atoms with E-state index in [-0.39, 0.29) is 58.0 Å². The predicted molar refractivity (Wildman–Crippen MR) is 408 cm³/mol. The van der Waals surface area contributed by atoms with E-state index >= 15 is 28.8 Å². The maximum absolute atomic E-state index is 15.6. The highest BCUT2D eigenvalue weighted by molar-refractivity contribution is 6.00. The predicted octanol–water partition coefficient (Wildman–Crippen LogP) is 3.33. The molecule has 0 bridgehead atoms. The van der Waals surface area contributed by atoms with Gasteiger partial charge in [-0.05, 0) is 169 Å². The summed E-state index contributed by atoms with van der Waals surface area (Å²) < 4.78 is 0. The number of aromatic amines is 3. The first kappa shape index (κ1) is 80.4. The number of aromatic nitrogens is 3. The van der Waals surface area contributed by atoms with Crippen molar-refractivity contribution >= 4 is 85.9 Å². The Labute approximate surface area is 612 Å². The number of carbonyl (C=O) groups is 9. The van der Waals surface area contributed by atoms with Gasteiger partial charge in [0, 0.05) is 76.5 Å². The number of hydrogen-bond donors (Lipinski definition) is 18. The summed E-state index contributed by atoms with van der Waals surface area (Å²) in [5, 5.41) is 25.6. The Kier molecular flexibility index (Phi) is 32.1. The lowest BCUT2D eigenvalue weighted by Gasteiger charge is -2.31. The van der Waals surface area contributed by atoms with E-state index in [1.54, 1.807) is 18.6 Å². The zero-order valence-corrected chi connectivity index (χ0v) is 59.7. The number of H-pyrrole nitrogens is 3. The maximum atomic E-state index is 15.6. The molecule has 3 heterocycles. The largest absolute Gasteiger partial charge is 0.368 e. The van der Waals surface area contributed by atoms with Crippen LogP contribution in [0.2, 0.25) is 0 Å². The van der Waals surface area contributed by atoms with Crippen LogP contribution in [0.1, 0.15) is 130 Å². The Hall–Kier alpha value is -10.3. The first-order valence-corrected chi connectivity index (χ1v) is 36.7. The summed E-state index contributed by atoms with van der Waals surface area (Å²) in [5.41, 5.74) is 47.2. The summed E-state index contributed by atoms with van der Waals surface area (Å²) >= 11 is 0. The first-order valence-electron chi connectivity index (χ1n) is 36.7. The first-order chi connectivity index (χ1) is 50.9. The minimum Gasteiger partial charge on any atom is -0.368 e. The highest BCUT2D eigenvalue weighted by atomic mass is 16.2. The monoisotopic (exact) mass is 1440 g/mol. The third-order valence-electron chi connectivity index (χ3n) is 19.1. The number of hydrogen-bond acceptors (Lipinski definition) is 15. The second kappa shape index (κ2) is 41.9. The molecule has 0 aliphatic carbocycles. The molecule has 27 heteroatoms. The number of nitrogens with one attached hydrogen (secondary N) is 11. The Morgan fingerprint density at radius 3 is 0.924 bits per heavy atom. The van der Waals surface area contributed by atoms with Gasteiger partial charge in [-0.15, -0.1) is 0 Å². The standard InChI is InChI=1S/C78H106N18O9/c79-38-18-13-30-57(84)71(98)90-62(35-15-20-40-81)73(100)93-66(44-52-47-87-59-32-11-8-28-55(52)59)76(103)95-65(43-51-46-86-58-31-10-7-27-54(51)58)75(102)92-63(36-16-21-41-82)72(99)91-64(37-17-22-42-83)74(101)94-67(45-53-48-88-60-33-12-9-29-56(53)60)77(104)96-69(78(105)89-61(70(85)97)34-14-19-39-80)68(49-23-3-1-4-24-49)50-25-5-2-6-26-50/h1-12,23-29,31-33,46-48,57,61-69,86-88H,13-22,30,34-45,79-84H2,(H2,85,97)(H,89,105)(H,90,98)(H,91,99)(H,92,102)(H,93,100)(H,94,101)(H,95,103)(H,96,104)/t57-,61-,62-,63-,64-,65-,66-,67-,69-/m0/s1. The van der Waals surface area contributed by atoms with Crippen molar-refractivity contribution in [1.82, 2.24) is 57.5 Å². The fourth-order valence-electron chi connectivity index (χ4n) is 13.2. The lowest BCUT2D eigenvalue weighted by Crippen LogP contribution is -2.61. The minimum atomic E-state index is -1.43. The molecule has 0 aliphatic rings. The van der Waals surface area contributed by atoms with Gasteiger partial charge >= 0.3 is 0 Å². The molecule has 9 atom stereocenters. The summed E-state index contributed by atoms with van der Waals surface area (Å²) in [6, 6.07) is 28.9. The van der Waals surface area contributed by atoms with Crippen LogP contribution in [0.5, 0.6) is 0 Å². The molecule has 8 rings (SSSR count). The van der Waals surface area contributed by atoms with Crippen LogP contribution in [-0.4, -0.2) is 155 Å². The molecule has 3 aromatic heterocycles. The fraction of sp³-hybridized carbons (Fsp3) is 0.423. The number of amides is 9. The lowest BCUT2D eigenvalue weighted by molar-refractivity contribution is -0.136. The SMILES string of the molecule is NCCCC[C@H](NC(=O)[C@@H](NC(=O)[C@H](Cc1c[nH]c2ccccc12)NC(=O)[C@H](CCCCN)NC(=O)[C@H](CCCCN)NC(=O)[C@H](Cc1c[nH]c2ccccc12)NC(=O)[C@H](Cc1c[nH]c2ccccc12)NC(=O)[C@H](CCCCN)NC(=O)[C@@H](N)CCCCN)C(c1ccccc1)c1ccccc1)C(N)=O.